The maximum atomic E-state index is 12.5. The highest BCUT2D eigenvalue weighted by molar-refractivity contribution is 6.39. The minimum absolute atomic E-state index is 0.140. The molecular weight excluding hydrogens is 416 g/mol. The van der Waals surface area contributed by atoms with Gasteiger partial charge in [0.2, 0.25) is 12.7 Å². The zero-order chi connectivity index (χ0) is 22.2. The number of hydrogen-bond donors (Lipinski definition) is 3. The molecule has 3 heterocycles. The first-order valence-electron chi connectivity index (χ1n) is 10.1. The molecule has 0 radical (unpaired) electrons. The molecule has 0 unspecified atom stereocenters. The van der Waals surface area contributed by atoms with E-state index in [1.54, 1.807) is 31.2 Å². The van der Waals surface area contributed by atoms with Gasteiger partial charge in [-0.05, 0) is 43.9 Å². The van der Waals surface area contributed by atoms with Crippen molar-refractivity contribution in [3.63, 3.8) is 0 Å². The summed E-state index contributed by atoms with van der Waals surface area (Å²) in [4.78, 5) is 44.3. The molecule has 2 amide bonds. The van der Waals surface area contributed by atoms with Crippen molar-refractivity contribution < 1.29 is 19.1 Å². The first-order valence-corrected chi connectivity index (χ1v) is 10.1. The van der Waals surface area contributed by atoms with Gasteiger partial charge in [-0.25, -0.2) is 4.98 Å². The van der Waals surface area contributed by atoms with E-state index >= 15 is 0 Å². The van der Waals surface area contributed by atoms with E-state index in [2.05, 4.69) is 25.7 Å². The van der Waals surface area contributed by atoms with Gasteiger partial charge >= 0.3 is 11.8 Å². The van der Waals surface area contributed by atoms with Crippen LogP contribution >= 0.6 is 0 Å². The Morgan fingerprint density at radius 1 is 1.16 bits per heavy atom. The molecule has 11 heteroatoms. The number of rotatable bonds is 4. The van der Waals surface area contributed by atoms with Crippen LogP contribution in [0, 0.1) is 6.92 Å². The van der Waals surface area contributed by atoms with Crippen LogP contribution in [0.25, 0.3) is 5.95 Å². The number of aryl methyl sites for hydroxylation is 2. The number of ether oxygens (including phenoxy) is 2. The largest absolute Gasteiger partial charge is 0.454 e. The van der Waals surface area contributed by atoms with E-state index in [0.717, 1.165) is 24.1 Å². The maximum Gasteiger partial charge on any atom is 0.314 e. The Morgan fingerprint density at radius 3 is 2.88 bits per heavy atom. The Morgan fingerprint density at radius 2 is 2.00 bits per heavy atom. The predicted molar refractivity (Wildman–Crippen MR) is 112 cm³/mol. The van der Waals surface area contributed by atoms with Gasteiger partial charge in [0.1, 0.15) is 5.82 Å². The highest BCUT2D eigenvalue weighted by Crippen LogP contribution is 2.32. The number of carbonyl (C=O) groups excluding carboxylic acids is 2. The SMILES string of the molecule is Cc1cc(NC(=O)C(=O)NCc2ccc3c(c2)OCO3)n(-c2nc3c(c(=O)[nH]2)CCC3)n1. The molecule has 0 bridgehead atoms. The lowest BCUT2D eigenvalue weighted by atomic mass is 10.2. The Kier molecular flexibility index (Phi) is 4.85. The van der Waals surface area contributed by atoms with Crippen LogP contribution < -0.4 is 25.7 Å². The fourth-order valence-electron chi connectivity index (χ4n) is 3.77. The lowest BCUT2D eigenvalue weighted by Crippen LogP contribution is -2.35. The monoisotopic (exact) mass is 436 g/mol. The molecule has 2 aromatic heterocycles. The number of amides is 2. The van der Waals surface area contributed by atoms with E-state index in [1.807, 2.05) is 0 Å². The van der Waals surface area contributed by atoms with Gasteiger partial charge in [0, 0.05) is 18.2 Å². The van der Waals surface area contributed by atoms with E-state index in [-0.39, 0.29) is 30.7 Å². The molecule has 0 saturated heterocycles. The number of anilines is 1. The summed E-state index contributed by atoms with van der Waals surface area (Å²) in [6.45, 7) is 2.03. The third-order valence-electron chi connectivity index (χ3n) is 5.30. The number of H-pyrrole nitrogens is 1. The van der Waals surface area contributed by atoms with Crippen molar-refractivity contribution in [3.8, 4) is 17.4 Å². The molecule has 2 aliphatic rings. The number of aromatic amines is 1. The average Bonchev–Trinajstić information content (AvgIpc) is 3.51. The van der Waals surface area contributed by atoms with Crippen LogP contribution in [0.15, 0.2) is 29.1 Å². The fourth-order valence-corrected chi connectivity index (χ4v) is 3.77. The van der Waals surface area contributed by atoms with Crippen molar-refractivity contribution in [2.24, 2.45) is 0 Å². The van der Waals surface area contributed by atoms with Crippen molar-refractivity contribution in [2.45, 2.75) is 32.7 Å². The molecule has 5 rings (SSSR count). The van der Waals surface area contributed by atoms with Gasteiger partial charge in [0.05, 0.1) is 11.4 Å². The third-order valence-corrected chi connectivity index (χ3v) is 5.30. The lowest BCUT2D eigenvalue weighted by molar-refractivity contribution is -0.136. The van der Waals surface area contributed by atoms with Crippen molar-refractivity contribution in [3.05, 3.63) is 57.1 Å². The highest BCUT2D eigenvalue weighted by atomic mass is 16.7. The van der Waals surface area contributed by atoms with Crippen molar-refractivity contribution in [1.29, 1.82) is 0 Å². The molecule has 3 N–H and O–H groups in total. The van der Waals surface area contributed by atoms with Gasteiger partial charge in [-0.3, -0.25) is 19.4 Å². The molecule has 3 aromatic rings. The molecule has 11 nitrogen and oxygen atoms in total. The van der Waals surface area contributed by atoms with Crippen molar-refractivity contribution >= 4 is 17.6 Å². The lowest BCUT2D eigenvalue weighted by Gasteiger charge is -2.10. The van der Waals surface area contributed by atoms with Gasteiger partial charge in [0.25, 0.3) is 5.56 Å². The normalized spacial score (nSPS) is 13.7. The Bertz CT molecular complexity index is 1290. The minimum atomic E-state index is -0.865. The second-order valence-electron chi connectivity index (χ2n) is 7.58. The quantitative estimate of drug-likeness (QED) is 0.512. The molecule has 1 aromatic carbocycles. The minimum Gasteiger partial charge on any atom is -0.454 e. The molecule has 32 heavy (non-hydrogen) atoms. The molecule has 164 valence electrons. The summed E-state index contributed by atoms with van der Waals surface area (Å²) in [6.07, 6.45) is 2.29. The second kappa shape index (κ2) is 7.84. The number of nitrogens with one attached hydrogen (secondary N) is 3. The molecule has 1 aliphatic carbocycles. The van der Waals surface area contributed by atoms with Crippen LogP contribution in [0.5, 0.6) is 11.5 Å². The maximum absolute atomic E-state index is 12.5. The standard InChI is InChI=1S/C21H20N6O5/c1-11-7-17(27(26-11)21-23-14-4-2-3-13(14)18(28)25-21)24-20(30)19(29)22-9-12-5-6-15-16(8-12)32-10-31-15/h5-8H,2-4,9-10H2,1H3,(H,22,29)(H,24,30)(H,23,25,28). The first kappa shape index (κ1) is 19.8. The smallest absolute Gasteiger partial charge is 0.314 e. The Labute approximate surface area is 181 Å². The van der Waals surface area contributed by atoms with Crippen LogP contribution in [0.1, 0.15) is 28.9 Å². The third kappa shape index (κ3) is 3.68. The summed E-state index contributed by atoms with van der Waals surface area (Å²) in [5.41, 5.74) is 2.55. The van der Waals surface area contributed by atoms with Crippen molar-refractivity contribution in [2.75, 3.05) is 12.1 Å². The fraction of sp³-hybridized carbons (Fsp3) is 0.286. The number of fused-ring (bicyclic) bond motifs is 2. The van der Waals surface area contributed by atoms with Gasteiger partial charge < -0.3 is 20.1 Å². The molecule has 0 saturated carbocycles. The zero-order valence-electron chi connectivity index (χ0n) is 17.2. The Hall–Kier alpha value is -4.15. The highest BCUT2D eigenvalue weighted by Gasteiger charge is 2.22. The number of benzene rings is 1. The van der Waals surface area contributed by atoms with Gasteiger partial charge in [-0.15, -0.1) is 0 Å². The molecule has 0 fully saturated rings. The first-order chi connectivity index (χ1) is 15.5. The molecule has 0 spiro atoms. The van der Waals surface area contributed by atoms with E-state index in [9.17, 15) is 14.4 Å². The van der Waals surface area contributed by atoms with Crippen LogP contribution in [0.3, 0.4) is 0 Å². The predicted octanol–water partition coefficient (Wildman–Crippen LogP) is 0.736. The summed E-state index contributed by atoms with van der Waals surface area (Å²) in [7, 11) is 0. The van der Waals surface area contributed by atoms with E-state index < -0.39 is 11.8 Å². The van der Waals surface area contributed by atoms with Crippen LogP contribution in [0.2, 0.25) is 0 Å². The molecule has 1 aliphatic heterocycles. The van der Waals surface area contributed by atoms with Crippen LogP contribution in [0.4, 0.5) is 5.82 Å². The van der Waals surface area contributed by atoms with Gasteiger partial charge in [-0.2, -0.15) is 9.78 Å². The second-order valence-corrected chi connectivity index (χ2v) is 7.58. The van der Waals surface area contributed by atoms with Crippen LogP contribution in [-0.2, 0) is 29.0 Å². The summed E-state index contributed by atoms with van der Waals surface area (Å²) >= 11 is 0. The molecular formula is C21H20N6O5. The number of nitrogens with zero attached hydrogens (tertiary/aromatic N) is 3. The van der Waals surface area contributed by atoms with E-state index in [0.29, 0.717) is 29.2 Å². The summed E-state index contributed by atoms with van der Waals surface area (Å²) in [6, 6.07) is 6.86. The summed E-state index contributed by atoms with van der Waals surface area (Å²) in [5.74, 6) is -0.0263. The van der Waals surface area contributed by atoms with Gasteiger partial charge in [0.15, 0.2) is 11.5 Å². The number of carbonyl (C=O) groups is 2. The van der Waals surface area contributed by atoms with E-state index in [1.165, 1.54) is 4.68 Å². The zero-order valence-corrected chi connectivity index (χ0v) is 17.2. The summed E-state index contributed by atoms with van der Waals surface area (Å²) in [5, 5.41) is 9.40. The topological polar surface area (TPSA) is 140 Å². The molecule has 0 atom stereocenters. The summed E-state index contributed by atoms with van der Waals surface area (Å²) < 4.78 is 11.9. The Balaban J connectivity index is 1.29. The van der Waals surface area contributed by atoms with E-state index in [4.69, 9.17) is 9.47 Å². The van der Waals surface area contributed by atoms with Gasteiger partial charge in [-0.1, -0.05) is 6.07 Å². The van der Waals surface area contributed by atoms with Crippen molar-refractivity contribution in [1.82, 2.24) is 25.1 Å². The van der Waals surface area contributed by atoms with Crippen LogP contribution in [-0.4, -0.2) is 38.4 Å². The number of aromatic nitrogens is 4. The average molecular weight is 436 g/mol. The number of hydrogen-bond acceptors (Lipinski definition) is 7.